The zero-order valence-corrected chi connectivity index (χ0v) is 10.3. The number of carbonyl (C=O) groups is 1. The van der Waals surface area contributed by atoms with Crippen LogP contribution >= 0.6 is 0 Å². The first-order valence-electron chi connectivity index (χ1n) is 6.76. The van der Waals surface area contributed by atoms with Crippen LogP contribution in [0.3, 0.4) is 0 Å². The van der Waals surface area contributed by atoms with E-state index < -0.39 is 0 Å². The topological polar surface area (TPSA) is 41.1 Å². The molecule has 0 radical (unpaired) electrons. The fourth-order valence-electron chi connectivity index (χ4n) is 2.64. The first-order valence-corrected chi connectivity index (χ1v) is 6.76. The van der Waals surface area contributed by atoms with Crippen LogP contribution in [0.25, 0.3) is 0 Å². The van der Waals surface area contributed by atoms with E-state index in [2.05, 4.69) is 17.6 Å². The number of amides is 1. The second-order valence-electron chi connectivity index (χ2n) is 5.39. The molecular formula is C13H24N2O. The van der Waals surface area contributed by atoms with Crippen LogP contribution in [-0.2, 0) is 4.79 Å². The molecule has 2 fully saturated rings. The molecule has 1 saturated carbocycles. The van der Waals surface area contributed by atoms with Gasteiger partial charge in [-0.15, -0.1) is 0 Å². The SMILES string of the molecule is CCC1(C(=O)NCCC2CCCNC2)CC1. The third-order valence-electron chi connectivity index (χ3n) is 4.25. The molecular weight excluding hydrogens is 200 g/mol. The van der Waals surface area contributed by atoms with Crippen LogP contribution in [0.5, 0.6) is 0 Å². The predicted octanol–water partition coefficient (Wildman–Crippen LogP) is 1.68. The van der Waals surface area contributed by atoms with Crippen molar-refractivity contribution in [2.75, 3.05) is 19.6 Å². The Morgan fingerprint density at radius 1 is 1.50 bits per heavy atom. The largest absolute Gasteiger partial charge is 0.356 e. The van der Waals surface area contributed by atoms with Crippen LogP contribution in [-0.4, -0.2) is 25.5 Å². The van der Waals surface area contributed by atoms with Gasteiger partial charge in [0.05, 0.1) is 0 Å². The fourth-order valence-corrected chi connectivity index (χ4v) is 2.64. The molecule has 2 aliphatic rings. The maximum Gasteiger partial charge on any atom is 0.226 e. The van der Waals surface area contributed by atoms with Gasteiger partial charge in [0.1, 0.15) is 0 Å². The molecule has 0 aromatic heterocycles. The van der Waals surface area contributed by atoms with Gasteiger partial charge in [0, 0.05) is 12.0 Å². The highest BCUT2D eigenvalue weighted by Gasteiger charge is 2.47. The average molecular weight is 224 g/mol. The van der Waals surface area contributed by atoms with Gasteiger partial charge in [-0.05, 0) is 57.5 Å². The Kier molecular flexibility index (Phi) is 3.85. The predicted molar refractivity (Wildman–Crippen MR) is 65.2 cm³/mol. The molecule has 0 bridgehead atoms. The molecule has 1 aliphatic heterocycles. The lowest BCUT2D eigenvalue weighted by atomic mass is 9.96. The van der Waals surface area contributed by atoms with Crippen molar-refractivity contribution in [3.8, 4) is 0 Å². The molecule has 1 heterocycles. The lowest BCUT2D eigenvalue weighted by molar-refractivity contribution is -0.126. The molecule has 1 unspecified atom stereocenters. The van der Waals surface area contributed by atoms with E-state index in [1.165, 1.54) is 19.4 Å². The van der Waals surface area contributed by atoms with E-state index >= 15 is 0 Å². The Labute approximate surface area is 98.4 Å². The minimum Gasteiger partial charge on any atom is -0.356 e. The Bertz CT molecular complexity index is 242. The second-order valence-corrected chi connectivity index (χ2v) is 5.39. The maximum atomic E-state index is 11.9. The number of nitrogens with one attached hydrogen (secondary N) is 2. The van der Waals surface area contributed by atoms with Gasteiger partial charge in [0.25, 0.3) is 0 Å². The normalized spacial score (nSPS) is 27.4. The van der Waals surface area contributed by atoms with Crippen molar-refractivity contribution < 1.29 is 4.79 Å². The number of hydrogen-bond acceptors (Lipinski definition) is 2. The summed E-state index contributed by atoms with van der Waals surface area (Å²) in [4.78, 5) is 11.9. The molecule has 3 nitrogen and oxygen atoms in total. The van der Waals surface area contributed by atoms with E-state index in [-0.39, 0.29) is 5.41 Å². The van der Waals surface area contributed by atoms with Crippen molar-refractivity contribution in [3.05, 3.63) is 0 Å². The van der Waals surface area contributed by atoms with Crippen LogP contribution in [0.2, 0.25) is 0 Å². The van der Waals surface area contributed by atoms with Gasteiger partial charge in [-0.25, -0.2) is 0 Å². The number of rotatable bonds is 5. The molecule has 3 heteroatoms. The van der Waals surface area contributed by atoms with Crippen LogP contribution in [0, 0.1) is 11.3 Å². The average Bonchev–Trinajstić information content (AvgIpc) is 3.11. The Hall–Kier alpha value is -0.570. The maximum absolute atomic E-state index is 11.9. The first-order chi connectivity index (χ1) is 7.77. The number of piperidine rings is 1. The van der Waals surface area contributed by atoms with Crippen LogP contribution < -0.4 is 10.6 Å². The molecule has 16 heavy (non-hydrogen) atoms. The van der Waals surface area contributed by atoms with E-state index in [9.17, 15) is 4.79 Å². The van der Waals surface area contributed by atoms with E-state index in [4.69, 9.17) is 0 Å². The lowest BCUT2D eigenvalue weighted by Gasteiger charge is -2.23. The molecule has 1 aliphatic carbocycles. The standard InChI is InChI=1S/C13H24N2O/c1-2-13(6-7-13)12(16)15-9-5-11-4-3-8-14-10-11/h11,14H,2-10H2,1H3,(H,15,16). The highest BCUT2D eigenvalue weighted by atomic mass is 16.2. The molecule has 2 rings (SSSR count). The van der Waals surface area contributed by atoms with Crippen molar-refractivity contribution in [2.24, 2.45) is 11.3 Å². The summed E-state index contributed by atoms with van der Waals surface area (Å²) in [6.07, 6.45) is 6.95. The molecule has 0 aromatic rings. The summed E-state index contributed by atoms with van der Waals surface area (Å²) in [6, 6.07) is 0. The molecule has 1 atom stereocenters. The van der Waals surface area contributed by atoms with Gasteiger partial charge in [-0.1, -0.05) is 6.92 Å². The van der Waals surface area contributed by atoms with Crippen LogP contribution in [0.4, 0.5) is 0 Å². The molecule has 92 valence electrons. The van der Waals surface area contributed by atoms with Crippen molar-refractivity contribution in [3.63, 3.8) is 0 Å². The lowest BCUT2D eigenvalue weighted by Crippen LogP contribution is -2.36. The Morgan fingerprint density at radius 3 is 2.88 bits per heavy atom. The Balaban J connectivity index is 1.62. The summed E-state index contributed by atoms with van der Waals surface area (Å²) in [7, 11) is 0. The van der Waals surface area contributed by atoms with Crippen molar-refractivity contribution in [1.82, 2.24) is 10.6 Å². The second kappa shape index (κ2) is 5.17. The summed E-state index contributed by atoms with van der Waals surface area (Å²) in [6.45, 7) is 5.29. The van der Waals surface area contributed by atoms with Crippen LogP contribution in [0.15, 0.2) is 0 Å². The van der Waals surface area contributed by atoms with Gasteiger partial charge in [0.2, 0.25) is 5.91 Å². The summed E-state index contributed by atoms with van der Waals surface area (Å²) in [5.74, 6) is 1.07. The Morgan fingerprint density at radius 2 is 2.31 bits per heavy atom. The van der Waals surface area contributed by atoms with E-state index in [0.717, 1.165) is 44.7 Å². The van der Waals surface area contributed by atoms with Crippen molar-refractivity contribution in [1.29, 1.82) is 0 Å². The molecule has 2 N–H and O–H groups in total. The summed E-state index contributed by atoms with van der Waals surface area (Å²) in [5.41, 5.74) is 0.0326. The molecule has 0 aromatic carbocycles. The minimum absolute atomic E-state index is 0.0326. The third kappa shape index (κ3) is 2.76. The van der Waals surface area contributed by atoms with Gasteiger partial charge in [-0.3, -0.25) is 4.79 Å². The highest BCUT2D eigenvalue weighted by molar-refractivity contribution is 5.85. The quantitative estimate of drug-likeness (QED) is 0.746. The number of hydrogen-bond donors (Lipinski definition) is 2. The smallest absolute Gasteiger partial charge is 0.226 e. The monoisotopic (exact) mass is 224 g/mol. The molecule has 1 amide bonds. The summed E-state index contributed by atoms with van der Waals surface area (Å²) < 4.78 is 0. The van der Waals surface area contributed by atoms with E-state index in [0.29, 0.717) is 5.91 Å². The van der Waals surface area contributed by atoms with Gasteiger partial charge in [0.15, 0.2) is 0 Å². The number of carbonyl (C=O) groups excluding carboxylic acids is 1. The minimum atomic E-state index is 0.0326. The first kappa shape index (κ1) is 11.9. The fraction of sp³-hybridized carbons (Fsp3) is 0.923. The van der Waals surface area contributed by atoms with Gasteiger partial charge in [-0.2, -0.15) is 0 Å². The zero-order valence-electron chi connectivity index (χ0n) is 10.3. The third-order valence-corrected chi connectivity index (χ3v) is 4.25. The van der Waals surface area contributed by atoms with E-state index in [1.54, 1.807) is 0 Å². The summed E-state index contributed by atoms with van der Waals surface area (Å²) in [5, 5.41) is 6.53. The van der Waals surface area contributed by atoms with E-state index in [1.807, 2.05) is 0 Å². The zero-order chi connectivity index (χ0) is 11.4. The molecule has 0 spiro atoms. The van der Waals surface area contributed by atoms with Crippen molar-refractivity contribution in [2.45, 2.75) is 45.4 Å². The summed E-state index contributed by atoms with van der Waals surface area (Å²) >= 11 is 0. The molecule has 1 saturated heterocycles. The van der Waals surface area contributed by atoms with Crippen LogP contribution in [0.1, 0.15) is 45.4 Å². The van der Waals surface area contributed by atoms with Crippen molar-refractivity contribution >= 4 is 5.91 Å². The van der Waals surface area contributed by atoms with Gasteiger partial charge >= 0.3 is 0 Å². The highest BCUT2D eigenvalue weighted by Crippen LogP contribution is 2.48. The van der Waals surface area contributed by atoms with Gasteiger partial charge < -0.3 is 10.6 Å².